The van der Waals surface area contributed by atoms with Gasteiger partial charge in [-0.05, 0) is 20.3 Å². The van der Waals surface area contributed by atoms with Crippen molar-refractivity contribution in [2.24, 2.45) is 0 Å². The predicted molar refractivity (Wildman–Crippen MR) is 74.1 cm³/mol. The first-order valence-electron chi connectivity index (χ1n) is 4.81. The maximum atomic E-state index is 11.3. The molecule has 2 radical (unpaired) electrons. The highest BCUT2D eigenvalue weighted by atomic mass is 79.9. The molecule has 0 aliphatic carbocycles. The summed E-state index contributed by atoms with van der Waals surface area (Å²) < 4.78 is 3.29. The molecule has 0 saturated carbocycles. The molecule has 0 bridgehead atoms. The molecule has 7 heteroatoms. The van der Waals surface area contributed by atoms with Crippen LogP contribution >= 0.6 is 50.7 Å². The minimum atomic E-state index is -1.14. The Morgan fingerprint density at radius 1 is 1.31 bits per heavy atom. The first-order chi connectivity index (χ1) is 7.13. The molecule has 0 spiro atoms. The summed E-state index contributed by atoms with van der Waals surface area (Å²) in [5.74, 6) is -0.253. The molecule has 2 nitrogen and oxygen atoms in total. The van der Waals surface area contributed by atoms with Gasteiger partial charge in [0.2, 0.25) is 0 Å². The molecule has 0 heterocycles. The molecule has 0 saturated heterocycles. The van der Waals surface area contributed by atoms with Crippen molar-refractivity contribution < 1.29 is 9.53 Å². The van der Waals surface area contributed by atoms with E-state index in [1.54, 1.807) is 13.8 Å². The van der Waals surface area contributed by atoms with Crippen LogP contribution in [0.1, 0.15) is 26.7 Å². The van der Waals surface area contributed by atoms with Crippen molar-refractivity contribution in [3.8, 4) is 0 Å². The standard InChI is InChI=1S/C9H14BrCl3O2Si/c1-8(2,10)7(14)15-5-3-4-6-16-9(11,12)13/h3-6H2,1-2H3. The smallest absolute Gasteiger partial charge is 0.322 e. The third-order valence-corrected chi connectivity index (χ3v) is 4.15. The summed E-state index contributed by atoms with van der Waals surface area (Å²) in [7, 11) is 0.283. The molecule has 0 rings (SSSR count). The minimum absolute atomic E-state index is 0.253. The number of halogens is 4. The van der Waals surface area contributed by atoms with E-state index in [0.717, 1.165) is 18.9 Å². The first-order valence-corrected chi connectivity index (χ1v) is 7.94. The number of rotatable bonds is 6. The lowest BCUT2D eigenvalue weighted by Gasteiger charge is -2.14. The largest absolute Gasteiger partial charge is 0.465 e. The molecular formula is C9H14BrCl3O2Si. The van der Waals surface area contributed by atoms with Gasteiger partial charge in [-0.1, -0.05) is 63.2 Å². The van der Waals surface area contributed by atoms with Crippen molar-refractivity contribution in [3.05, 3.63) is 0 Å². The highest BCUT2D eigenvalue weighted by Gasteiger charge is 2.25. The molecule has 0 aliphatic rings. The van der Waals surface area contributed by atoms with Crippen LogP contribution < -0.4 is 0 Å². The molecule has 0 amide bonds. The van der Waals surface area contributed by atoms with E-state index in [2.05, 4.69) is 15.9 Å². The Labute approximate surface area is 122 Å². The molecule has 0 aromatic rings. The molecule has 0 aromatic heterocycles. The van der Waals surface area contributed by atoms with Gasteiger partial charge in [-0.2, -0.15) is 0 Å². The van der Waals surface area contributed by atoms with Gasteiger partial charge in [-0.25, -0.2) is 0 Å². The average molecular weight is 369 g/mol. The van der Waals surface area contributed by atoms with Gasteiger partial charge in [-0.15, -0.1) is 0 Å². The highest BCUT2D eigenvalue weighted by Crippen LogP contribution is 2.25. The Kier molecular flexibility index (Phi) is 7.95. The van der Waals surface area contributed by atoms with E-state index >= 15 is 0 Å². The number of unbranched alkanes of at least 4 members (excludes halogenated alkanes) is 1. The minimum Gasteiger partial charge on any atom is -0.465 e. The molecule has 0 N–H and O–H groups in total. The SMILES string of the molecule is CC(C)(Br)C(=O)OCCCC[Si]C(Cl)(Cl)Cl. The van der Waals surface area contributed by atoms with Crippen molar-refractivity contribution in [2.75, 3.05) is 6.61 Å². The summed E-state index contributed by atoms with van der Waals surface area (Å²) in [4.78, 5) is 11.3. The van der Waals surface area contributed by atoms with Gasteiger partial charge in [0, 0.05) is 0 Å². The van der Waals surface area contributed by atoms with E-state index in [1.165, 1.54) is 0 Å². The quantitative estimate of drug-likeness (QED) is 0.307. The molecule has 0 unspecified atom stereocenters. The Morgan fingerprint density at radius 2 is 1.88 bits per heavy atom. The first kappa shape index (κ1) is 17.0. The van der Waals surface area contributed by atoms with Gasteiger partial charge >= 0.3 is 5.97 Å². The third-order valence-electron chi connectivity index (χ3n) is 1.62. The Hall–Kier alpha value is 1.04. The number of carbonyl (C=O) groups is 1. The summed E-state index contributed by atoms with van der Waals surface area (Å²) in [5.41, 5.74) is 0. The Morgan fingerprint density at radius 3 is 2.31 bits per heavy atom. The number of hydrogen-bond donors (Lipinski definition) is 0. The van der Waals surface area contributed by atoms with Crippen LogP contribution in [-0.4, -0.2) is 29.8 Å². The predicted octanol–water partition coefficient (Wildman–Crippen LogP) is 3.93. The third kappa shape index (κ3) is 10.2. The summed E-state index contributed by atoms with van der Waals surface area (Å²) >= 11 is 20.1. The highest BCUT2D eigenvalue weighted by molar-refractivity contribution is 9.10. The van der Waals surface area contributed by atoms with Crippen LogP contribution in [0.4, 0.5) is 0 Å². The molecule has 0 aliphatic heterocycles. The van der Waals surface area contributed by atoms with E-state index in [-0.39, 0.29) is 15.5 Å². The molecule has 16 heavy (non-hydrogen) atoms. The van der Waals surface area contributed by atoms with Crippen LogP contribution in [0.15, 0.2) is 0 Å². The number of ether oxygens (including phenoxy) is 1. The van der Waals surface area contributed by atoms with Crippen LogP contribution in [-0.2, 0) is 9.53 Å². The average Bonchev–Trinajstić information content (AvgIpc) is 2.07. The van der Waals surface area contributed by atoms with E-state index in [0.29, 0.717) is 6.61 Å². The van der Waals surface area contributed by atoms with Crippen molar-refractivity contribution in [3.63, 3.8) is 0 Å². The van der Waals surface area contributed by atoms with Crippen molar-refractivity contribution in [1.82, 2.24) is 0 Å². The monoisotopic (exact) mass is 366 g/mol. The summed E-state index contributed by atoms with van der Waals surface area (Å²) in [6.07, 6.45) is 1.69. The lowest BCUT2D eigenvalue weighted by molar-refractivity contribution is -0.145. The van der Waals surface area contributed by atoms with Crippen molar-refractivity contribution >= 4 is 66.2 Å². The molecule has 94 valence electrons. The van der Waals surface area contributed by atoms with Crippen LogP contribution in [0.3, 0.4) is 0 Å². The Balaban J connectivity index is 3.45. The van der Waals surface area contributed by atoms with Crippen LogP contribution in [0.5, 0.6) is 0 Å². The second kappa shape index (κ2) is 7.47. The van der Waals surface area contributed by atoms with Gasteiger partial charge in [0.25, 0.3) is 0 Å². The zero-order chi connectivity index (χ0) is 12.8. The van der Waals surface area contributed by atoms with E-state index in [1.807, 2.05) is 0 Å². The van der Waals surface area contributed by atoms with Gasteiger partial charge in [0.15, 0.2) is 3.42 Å². The van der Waals surface area contributed by atoms with Gasteiger partial charge in [0.05, 0.1) is 6.61 Å². The number of hydrogen-bond acceptors (Lipinski definition) is 2. The van der Waals surface area contributed by atoms with Crippen molar-refractivity contribution in [2.45, 2.75) is 40.5 Å². The normalized spacial score (nSPS) is 12.6. The molecule has 0 atom stereocenters. The topological polar surface area (TPSA) is 26.3 Å². The number of carbonyl (C=O) groups excluding carboxylic acids is 1. The van der Waals surface area contributed by atoms with Gasteiger partial charge < -0.3 is 4.74 Å². The van der Waals surface area contributed by atoms with Crippen LogP contribution in [0.25, 0.3) is 0 Å². The van der Waals surface area contributed by atoms with E-state index < -0.39 is 7.74 Å². The molecule has 0 fully saturated rings. The fourth-order valence-corrected chi connectivity index (χ4v) is 2.47. The summed E-state index contributed by atoms with van der Waals surface area (Å²) in [6, 6.07) is 0.839. The maximum absolute atomic E-state index is 11.3. The van der Waals surface area contributed by atoms with E-state index in [9.17, 15) is 4.79 Å². The fourth-order valence-electron chi connectivity index (χ4n) is 0.794. The van der Waals surface area contributed by atoms with Crippen LogP contribution in [0, 0.1) is 0 Å². The molecule has 0 aromatic carbocycles. The van der Waals surface area contributed by atoms with Gasteiger partial charge in [0.1, 0.15) is 13.8 Å². The van der Waals surface area contributed by atoms with Crippen molar-refractivity contribution in [1.29, 1.82) is 0 Å². The number of esters is 1. The maximum Gasteiger partial charge on any atom is 0.322 e. The molecular weight excluding hydrogens is 354 g/mol. The zero-order valence-corrected chi connectivity index (χ0v) is 14.0. The van der Waals surface area contributed by atoms with E-state index in [4.69, 9.17) is 39.5 Å². The Bertz CT molecular complexity index is 226. The second-order valence-electron chi connectivity index (χ2n) is 3.74. The number of alkyl halides is 4. The second-order valence-corrected chi connectivity index (χ2v) is 10.6. The summed E-state index contributed by atoms with van der Waals surface area (Å²) in [6.45, 7) is 3.91. The fraction of sp³-hybridized carbons (Fsp3) is 0.889. The van der Waals surface area contributed by atoms with Crippen LogP contribution in [0.2, 0.25) is 6.04 Å². The lowest BCUT2D eigenvalue weighted by atomic mass is 10.2. The summed E-state index contributed by atoms with van der Waals surface area (Å²) in [5, 5.41) is 0. The van der Waals surface area contributed by atoms with Gasteiger partial charge in [-0.3, -0.25) is 4.79 Å². The lowest BCUT2D eigenvalue weighted by Crippen LogP contribution is -2.26. The zero-order valence-electron chi connectivity index (χ0n) is 9.16.